The average molecular weight is 275 g/mol. The third-order valence-corrected chi connectivity index (χ3v) is 3.83. The van der Waals surface area contributed by atoms with Crippen molar-refractivity contribution in [3.63, 3.8) is 0 Å². The number of aromatic amines is 1. The molecule has 0 amide bonds. The first-order valence-electron chi connectivity index (χ1n) is 6.56. The van der Waals surface area contributed by atoms with Gasteiger partial charge in [-0.3, -0.25) is 5.10 Å². The van der Waals surface area contributed by atoms with Gasteiger partial charge in [-0.25, -0.2) is 9.78 Å². The van der Waals surface area contributed by atoms with Crippen LogP contribution in [0.25, 0.3) is 11.0 Å². The average Bonchev–Trinajstić information content (AvgIpc) is 3.04. The number of hydrogen-bond acceptors (Lipinski definition) is 5. The second kappa shape index (κ2) is 4.75. The van der Waals surface area contributed by atoms with Crippen LogP contribution in [0.5, 0.6) is 0 Å². The summed E-state index contributed by atoms with van der Waals surface area (Å²) in [6.07, 6.45) is 1.11. The van der Waals surface area contributed by atoms with Crippen molar-refractivity contribution in [3.05, 3.63) is 17.8 Å². The SMILES string of the molecule is CN(C)C1CCN(c2ccc3c(C(=O)O)n[nH]c3n2)C1. The Morgan fingerprint density at radius 1 is 1.50 bits per heavy atom. The molecule has 0 spiro atoms. The number of aromatic carboxylic acids is 1. The minimum atomic E-state index is -1.04. The smallest absolute Gasteiger partial charge is 0.357 e. The van der Waals surface area contributed by atoms with Gasteiger partial charge in [0.25, 0.3) is 0 Å². The van der Waals surface area contributed by atoms with Crippen LogP contribution in [0.3, 0.4) is 0 Å². The monoisotopic (exact) mass is 275 g/mol. The highest BCUT2D eigenvalue weighted by Gasteiger charge is 2.25. The second-order valence-corrected chi connectivity index (χ2v) is 5.30. The number of rotatable bonds is 3. The number of nitrogens with zero attached hydrogens (tertiary/aromatic N) is 4. The number of fused-ring (bicyclic) bond motifs is 1. The van der Waals surface area contributed by atoms with Crippen molar-refractivity contribution in [2.45, 2.75) is 12.5 Å². The fourth-order valence-electron chi connectivity index (χ4n) is 2.60. The lowest BCUT2D eigenvalue weighted by atomic mass is 10.2. The van der Waals surface area contributed by atoms with Gasteiger partial charge in [0, 0.05) is 19.1 Å². The summed E-state index contributed by atoms with van der Waals surface area (Å²) in [7, 11) is 4.16. The van der Waals surface area contributed by atoms with E-state index in [2.05, 4.69) is 39.1 Å². The van der Waals surface area contributed by atoms with Crippen molar-refractivity contribution >= 4 is 22.8 Å². The van der Waals surface area contributed by atoms with Crippen molar-refractivity contribution in [1.82, 2.24) is 20.1 Å². The Bertz CT molecular complexity index is 651. The molecule has 7 heteroatoms. The van der Waals surface area contributed by atoms with Crippen LogP contribution in [-0.2, 0) is 0 Å². The number of likely N-dealkylation sites (N-methyl/N-ethyl adjacent to an activating group) is 1. The largest absolute Gasteiger partial charge is 0.476 e. The van der Waals surface area contributed by atoms with Gasteiger partial charge in [0.15, 0.2) is 11.3 Å². The Morgan fingerprint density at radius 3 is 2.95 bits per heavy atom. The Balaban J connectivity index is 1.89. The van der Waals surface area contributed by atoms with E-state index in [9.17, 15) is 4.79 Å². The number of pyridine rings is 1. The summed E-state index contributed by atoms with van der Waals surface area (Å²) >= 11 is 0. The van der Waals surface area contributed by atoms with Gasteiger partial charge in [0.1, 0.15) is 5.82 Å². The number of carboxylic acid groups (broad SMARTS) is 1. The van der Waals surface area contributed by atoms with Crippen LogP contribution in [0.2, 0.25) is 0 Å². The van der Waals surface area contributed by atoms with E-state index in [4.69, 9.17) is 5.11 Å². The van der Waals surface area contributed by atoms with Gasteiger partial charge in [0.2, 0.25) is 0 Å². The van der Waals surface area contributed by atoms with Crippen molar-refractivity contribution < 1.29 is 9.90 Å². The molecule has 3 rings (SSSR count). The summed E-state index contributed by atoms with van der Waals surface area (Å²) in [5, 5.41) is 16.0. The molecule has 2 N–H and O–H groups in total. The minimum Gasteiger partial charge on any atom is -0.476 e. The summed E-state index contributed by atoms with van der Waals surface area (Å²) in [5.41, 5.74) is 0.542. The van der Waals surface area contributed by atoms with E-state index in [-0.39, 0.29) is 5.69 Å². The summed E-state index contributed by atoms with van der Waals surface area (Å²) in [6, 6.07) is 4.17. The molecule has 106 valence electrons. The predicted octanol–water partition coefficient (Wildman–Crippen LogP) is 0.796. The van der Waals surface area contributed by atoms with Crippen molar-refractivity contribution in [1.29, 1.82) is 0 Å². The van der Waals surface area contributed by atoms with E-state index in [0.717, 1.165) is 25.3 Å². The molecule has 7 nitrogen and oxygen atoms in total. The molecule has 1 fully saturated rings. The summed E-state index contributed by atoms with van der Waals surface area (Å²) in [5.74, 6) is -0.179. The highest BCUT2D eigenvalue weighted by molar-refractivity contribution is 6.00. The third-order valence-electron chi connectivity index (χ3n) is 3.83. The van der Waals surface area contributed by atoms with Gasteiger partial charge in [0.05, 0.1) is 5.39 Å². The normalized spacial score (nSPS) is 19.1. The van der Waals surface area contributed by atoms with Gasteiger partial charge >= 0.3 is 5.97 Å². The Hall–Kier alpha value is -2.15. The molecule has 2 aromatic heterocycles. The molecule has 2 aromatic rings. The number of carboxylic acids is 1. The Labute approximate surface area is 116 Å². The van der Waals surface area contributed by atoms with E-state index in [1.54, 1.807) is 6.07 Å². The van der Waals surface area contributed by atoms with E-state index in [1.807, 2.05) is 6.07 Å². The van der Waals surface area contributed by atoms with E-state index >= 15 is 0 Å². The fraction of sp³-hybridized carbons (Fsp3) is 0.462. The molecule has 1 saturated heterocycles. The lowest BCUT2D eigenvalue weighted by Crippen LogP contribution is -2.31. The molecule has 1 atom stereocenters. The Kier molecular flexibility index (Phi) is 3.06. The number of aromatic nitrogens is 3. The van der Waals surface area contributed by atoms with Crippen LogP contribution in [0, 0.1) is 0 Å². The molecule has 0 radical (unpaired) electrons. The molecule has 3 heterocycles. The van der Waals surface area contributed by atoms with E-state index in [1.165, 1.54) is 0 Å². The number of hydrogen-bond donors (Lipinski definition) is 2. The maximum absolute atomic E-state index is 11.0. The van der Waals surface area contributed by atoms with Gasteiger partial charge < -0.3 is 14.9 Å². The molecule has 1 aliphatic rings. The maximum atomic E-state index is 11.0. The lowest BCUT2D eigenvalue weighted by molar-refractivity contribution is 0.0692. The first-order chi connectivity index (χ1) is 9.56. The zero-order valence-corrected chi connectivity index (χ0v) is 11.5. The molecule has 20 heavy (non-hydrogen) atoms. The van der Waals surface area contributed by atoms with Crippen molar-refractivity contribution in [2.24, 2.45) is 0 Å². The Morgan fingerprint density at radius 2 is 2.30 bits per heavy atom. The first kappa shape index (κ1) is 12.9. The highest BCUT2D eigenvalue weighted by Crippen LogP contribution is 2.23. The summed E-state index contributed by atoms with van der Waals surface area (Å²) in [6.45, 7) is 1.90. The van der Waals surface area contributed by atoms with Crippen LogP contribution in [0.15, 0.2) is 12.1 Å². The first-order valence-corrected chi connectivity index (χ1v) is 6.56. The minimum absolute atomic E-state index is 0.0200. The lowest BCUT2D eigenvalue weighted by Gasteiger charge is -2.20. The zero-order valence-electron chi connectivity index (χ0n) is 11.5. The van der Waals surface area contributed by atoms with Crippen LogP contribution in [-0.4, -0.2) is 64.4 Å². The van der Waals surface area contributed by atoms with E-state index in [0.29, 0.717) is 17.1 Å². The van der Waals surface area contributed by atoms with Gasteiger partial charge in [-0.15, -0.1) is 0 Å². The number of anilines is 1. The predicted molar refractivity (Wildman–Crippen MR) is 75.2 cm³/mol. The quantitative estimate of drug-likeness (QED) is 0.861. The molecule has 1 unspecified atom stereocenters. The van der Waals surface area contributed by atoms with Crippen LogP contribution in [0.4, 0.5) is 5.82 Å². The molecular weight excluding hydrogens is 258 g/mol. The number of carbonyl (C=O) groups is 1. The maximum Gasteiger partial charge on any atom is 0.357 e. The highest BCUT2D eigenvalue weighted by atomic mass is 16.4. The molecule has 0 saturated carbocycles. The standard InChI is InChI=1S/C13H17N5O2/c1-17(2)8-5-6-18(7-8)10-4-3-9-11(13(19)20)15-16-12(9)14-10/h3-4,8H,5-7H2,1-2H3,(H,19,20)(H,14,15,16). The van der Waals surface area contributed by atoms with Crippen LogP contribution < -0.4 is 4.90 Å². The second-order valence-electron chi connectivity index (χ2n) is 5.30. The molecular formula is C13H17N5O2. The topological polar surface area (TPSA) is 85.4 Å². The van der Waals surface area contributed by atoms with Crippen molar-refractivity contribution in [2.75, 3.05) is 32.1 Å². The molecule has 0 aromatic carbocycles. The molecule has 0 bridgehead atoms. The summed E-state index contributed by atoms with van der Waals surface area (Å²) < 4.78 is 0. The fourth-order valence-corrected chi connectivity index (χ4v) is 2.60. The molecule has 1 aliphatic heterocycles. The third kappa shape index (κ3) is 2.09. The summed E-state index contributed by atoms with van der Waals surface area (Å²) in [4.78, 5) is 19.9. The van der Waals surface area contributed by atoms with E-state index < -0.39 is 5.97 Å². The van der Waals surface area contributed by atoms with Crippen LogP contribution >= 0.6 is 0 Å². The number of nitrogens with one attached hydrogen (secondary N) is 1. The molecule has 0 aliphatic carbocycles. The van der Waals surface area contributed by atoms with Crippen LogP contribution in [0.1, 0.15) is 16.9 Å². The van der Waals surface area contributed by atoms with Crippen molar-refractivity contribution in [3.8, 4) is 0 Å². The number of H-pyrrole nitrogens is 1. The van der Waals surface area contributed by atoms with Gasteiger partial charge in [-0.2, -0.15) is 5.10 Å². The van der Waals surface area contributed by atoms with Gasteiger partial charge in [-0.05, 0) is 32.6 Å². The van der Waals surface area contributed by atoms with Gasteiger partial charge in [-0.1, -0.05) is 0 Å². The zero-order chi connectivity index (χ0) is 14.3.